The molecule has 5 rings (SSSR count). The average Bonchev–Trinajstić information content (AvgIpc) is 2.71. The van der Waals surface area contributed by atoms with E-state index in [2.05, 4.69) is 86.7 Å². The summed E-state index contributed by atoms with van der Waals surface area (Å²) in [7, 11) is 0. The summed E-state index contributed by atoms with van der Waals surface area (Å²) in [5, 5.41) is 8.27. The van der Waals surface area contributed by atoms with Crippen LogP contribution in [-0.4, -0.2) is 0 Å². The van der Waals surface area contributed by atoms with E-state index in [9.17, 15) is 0 Å². The minimum Gasteiger partial charge on any atom is -0.0761 e. The molecule has 0 aromatic heterocycles. The second-order valence-corrected chi connectivity index (χ2v) is 7.35. The molecule has 0 amide bonds. The van der Waals surface area contributed by atoms with Crippen LogP contribution in [0.15, 0.2) is 60.7 Å². The average molecular weight is 334 g/mol. The van der Waals surface area contributed by atoms with Crippen molar-refractivity contribution in [2.45, 2.75) is 26.7 Å². The van der Waals surface area contributed by atoms with Gasteiger partial charge in [-0.1, -0.05) is 66.7 Å². The van der Waals surface area contributed by atoms with Gasteiger partial charge >= 0.3 is 0 Å². The lowest BCUT2D eigenvalue weighted by Gasteiger charge is -2.16. The Morgan fingerprint density at radius 3 is 2.19 bits per heavy atom. The summed E-state index contributed by atoms with van der Waals surface area (Å²) in [5.74, 6) is 0. The van der Waals surface area contributed by atoms with Gasteiger partial charge in [-0.25, -0.2) is 0 Å². The monoisotopic (exact) mass is 334 g/mol. The topological polar surface area (TPSA) is 0 Å². The van der Waals surface area contributed by atoms with Crippen LogP contribution < -0.4 is 10.4 Å². The van der Waals surface area contributed by atoms with Crippen LogP contribution >= 0.6 is 0 Å². The first kappa shape index (κ1) is 15.4. The van der Waals surface area contributed by atoms with E-state index in [1.54, 1.807) is 0 Å². The Balaban J connectivity index is 1.90. The molecule has 0 spiro atoms. The molecule has 126 valence electrons. The van der Waals surface area contributed by atoms with Gasteiger partial charge in [0.15, 0.2) is 0 Å². The Hall–Kier alpha value is -2.86. The zero-order valence-corrected chi connectivity index (χ0v) is 15.3. The number of rotatable bonds is 1. The van der Waals surface area contributed by atoms with Gasteiger partial charge in [-0.3, -0.25) is 0 Å². The largest absolute Gasteiger partial charge is 0.0761 e. The van der Waals surface area contributed by atoms with Gasteiger partial charge < -0.3 is 0 Å². The van der Waals surface area contributed by atoms with Crippen molar-refractivity contribution in [1.82, 2.24) is 0 Å². The Kier molecular flexibility index (Phi) is 3.46. The van der Waals surface area contributed by atoms with Crippen LogP contribution in [0, 0.1) is 13.8 Å². The fourth-order valence-electron chi connectivity index (χ4n) is 4.53. The number of hydrogen-bond acceptors (Lipinski definition) is 0. The third-order valence-electron chi connectivity index (χ3n) is 5.87. The van der Waals surface area contributed by atoms with Gasteiger partial charge in [0.25, 0.3) is 0 Å². The Morgan fingerprint density at radius 2 is 1.38 bits per heavy atom. The Morgan fingerprint density at radius 1 is 0.654 bits per heavy atom. The number of fused-ring (bicyclic) bond motifs is 3. The van der Waals surface area contributed by atoms with Gasteiger partial charge in [-0.05, 0) is 87.0 Å². The number of benzene rings is 4. The van der Waals surface area contributed by atoms with Crippen molar-refractivity contribution in [2.24, 2.45) is 0 Å². The third-order valence-corrected chi connectivity index (χ3v) is 5.87. The zero-order chi connectivity index (χ0) is 17.7. The summed E-state index contributed by atoms with van der Waals surface area (Å²) in [6.07, 6.45) is 7.15. The molecular formula is C26H22. The van der Waals surface area contributed by atoms with Crippen LogP contribution in [-0.2, 0) is 0 Å². The van der Waals surface area contributed by atoms with Crippen LogP contribution in [0.5, 0.6) is 0 Å². The maximum absolute atomic E-state index is 2.42. The molecule has 0 saturated carbocycles. The van der Waals surface area contributed by atoms with E-state index in [4.69, 9.17) is 0 Å². The summed E-state index contributed by atoms with van der Waals surface area (Å²) < 4.78 is 0. The van der Waals surface area contributed by atoms with Gasteiger partial charge in [0.2, 0.25) is 0 Å². The van der Waals surface area contributed by atoms with Crippen LogP contribution in [0.3, 0.4) is 0 Å². The molecular weight excluding hydrogens is 312 g/mol. The molecule has 0 bridgehead atoms. The molecule has 0 saturated heterocycles. The highest BCUT2D eigenvalue weighted by molar-refractivity contribution is 6.02. The van der Waals surface area contributed by atoms with Crippen LogP contribution in [0.1, 0.15) is 24.0 Å². The minimum absolute atomic E-state index is 1.15. The van der Waals surface area contributed by atoms with Crippen molar-refractivity contribution >= 4 is 33.7 Å². The maximum atomic E-state index is 2.42. The minimum atomic E-state index is 1.15. The normalized spacial score (nSPS) is 13.3. The summed E-state index contributed by atoms with van der Waals surface area (Å²) >= 11 is 0. The number of aryl methyl sites for hydroxylation is 2. The summed E-state index contributed by atoms with van der Waals surface area (Å²) in [6, 6.07) is 22.2. The summed E-state index contributed by atoms with van der Waals surface area (Å²) in [5.41, 5.74) is 5.48. The molecule has 4 aromatic carbocycles. The van der Waals surface area contributed by atoms with Crippen LogP contribution in [0.2, 0.25) is 0 Å². The maximum Gasteiger partial charge on any atom is -0.00672 e. The molecule has 0 nitrogen and oxygen atoms in total. The van der Waals surface area contributed by atoms with Crippen molar-refractivity contribution in [3.63, 3.8) is 0 Å². The van der Waals surface area contributed by atoms with Crippen LogP contribution in [0.25, 0.3) is 44.8 Å². The molecule has 0 fully saturated rings. The molecule has 26 heavy (non-hydrogen) atoms. The van der Waals surface area contributed by atoms with Crippen LogP contribution in [0.4, 0.5) is 0 Å². The fourth-order valence-corrected chi connectivity index (χ4v) is 4.53. The summed E-state index contributed by atoms with van der Waals surface area (Å²) in [6.45, 7) is 4.57. The molecule has 1 aliphatic rings. The SMILES string of the molecule is Cc1c2c(c(C)c3c(-c4ccc5ccccc5c4)cccc13)=CCCC=2. The van der Waals surface area contributed by atoms with Crippen molar-refractivity contribution in [3.05, 3.63) is 82.2 Å². The molecule has 4 aromatic rings. The highest BCUT2D eigenvalue weighted by atomic mass is 14.2. The molecule has 0 heteroatoms. The molecule has 0 N–H and O–H groups in total. The summed E-state index contributed by atoms with van der Waals surface area (Å²) in [4.78, 5) is 0. The first-order valence-electron chi connectivity index (χ1n) is 9.45. The first-order chi connectivity index (χ1) is 12.7. The molecule has 0 radical (unpaired) electrons. The zero-order valence-electron chi connectivity index (χ0n) is 15.3. The highest BCUT2D eigenvalue weighted by Gasteiger charge is 2.12. The van der Waals surface area contributed by atoms with Gasteiger partial charge in [0.1, 0.15) is 0 Å². The quantitative estimate of drug-likeness (QED) is 0.423. The van der Waals surface area contributed by atoms with Gasteiger partial charge in [-0.2, -0.15) is 0 Å². The number of hydrogen-bond donors (Lipinski definition) is 0. The first-order valence-corrected chi connectivity index (χ1v) is 9.45. The lowest BCUT2D eigenvalue weighted by atomic mass is 9.88. The third kappa shape index (κ3) is 2.22. The van der Waals surface area contributed by atoms with E-state index in [1.165, 1.54) is 54.2 Å². The van der Waals surface area contributed by atoms with Gasteiger partial charge in [0, 0.05) is 0 Å². The van der Waals surface area contributed by atoms with E-state index in [0.717, 1.165) is 12.8 Å². The van der Waals surface area contributed by atoms with Crippen molar-refractivity contribution < 1.29 is 0 Å². The fraction of sp³-hybridized carbons (Fsp3) is 0.154. The van der Waals surface area contributed by atoms with Gasteiger partial charge in [0.05, 0.1) is 0 Å². The van der Waals surface area contributed by atoms with Crippen molar-refractivity contribution in [2.75, 3.05) is 0 Å². The van der Waals surface area contributed by atoms with Gasteiger partial charge in [-0.15, -0.1) is 0 Å². The lowest BCUT2D eigenvalue weighted by Crippen LogP contribution is -2.32. The highest BCUT2D eigenvalue weighted by Crippen LogP contribution is 2.32. The van der Waals surface area contributed by atoms with E-state index in [1.807, 2.05) is 0 Å². The smallest absolute Gasteiger partial charge is 0.00672 e. The van der Waals surface area contributed by atoms with E-state index < -0.39 is 0 Å². The molecule has 0 heterocycles. The Labute approximate surface area is 154 Å². The molecule has 0 atom stereocenters. The van der Waals surface area contributed by atoms with E-state index in [0.29, 0.717) is 0 Å². The van der Waals surface area contributed by atoms with E-state index in [-0.39, 0.29) is 0 Å². The molecule has 0 aliphatic heterocycles. The lowest BCUT2D eigenvalue weighted by molar-refractivity contribution is 1.10. The Bertz CT molecular complexity index is 1290. The predicted molar refractivity (Wildman–Crippen MR) is 114 cm³/mol. The second-order valence-electron chi connectivity index (χ2n) is 7.35. The van der Waals surface area contributed by atoms with Crippen molar-refractivity contribution in [3.8, 4) is 11.1 Å². The van der Waals surface area contributed by atoms with E-state index >= 15 is 0 Å². The molecule has 1 aliphatic carbocycles. The second kappa shape index (κ2) is 5.85. The predicted octanol–water partition coefficient (Wildman–Crippen LogP) is 5.63. The molecule has 0 unspecified atom stereocenters. The van der Waals surface area contributed by atoms with Crippen molar-refractivity contribution in [1.29, 1.82) is 0 Å². The standard InChI is InChI=1S/C26H22/c1-17-22-10-5-6-11-23(22)18(2)26-24(17)12-7-13-25(26)21-15-14-19-8-3-4-9-20(19)16-21/h3-4,7-16H,5-6H2,1-2H3.